The Labute approximate surface area is 164 Å². The molecule has 3 unspecified atom stereocenters. The van der Waals surface area contributed by atoms with Gasteiger partial charge in [0.05, 0.1) is 12.5 Å². The number of benzene rings is 2. The molecule has 146 valence electrons. The van der Waals surface area contributed by atoms with Crippen LogP contribution in [-0.4, -0.2) is 29.6 Å². The Morgan fingerprint density at radius 3 is 2.64 bits per heavy atom. The van der Waals surface area contributed by atoms with Gasteiger partial charge in [0.25, 0.3) is 0 Å². The Morgan fingerprint density at radius 1 is 1.07 bits per heavy atom. The molecule has 1 heterocycles. The fourth-order valence-electron chi connectivity index (χ4n) is 4.49. The summed E-state index contributed by atoms with van der Waals surface area (Å²) in [5, 5.41) is 12.6. The Hall–Kier alpha value is -2.82. The number of carboxylic acids is 1. The van der Waals surface area contributed by atoms with Gasteiger partial charge in [-0.2, -0.15) is 0 Å². The number of ether oxygens (including phenoxy) is 1. The molecule has 0 saturated carbocycles. The minimum absolute atomic E-state index is 0.160. The summed E-state index contributed by atoms with van der Waals surface area (Å²) >= 11 is 0. The van der Waals surface area contributed by atoms with E-state index < -0.39 is 12.0 Å². The van der Waals surface area contributed by atoms with Crippen molar-refractivity contribution in [1.29, 1.82) is 0 Å². The number of amides is 1. The summed E-state index contributed by atoms with van der Waals surface area (Å²) in [5.74, 6) is -0.704. The number of hydrogen-bond donors (Lipinski definition) is 2. The predicted molar refractivity (Wildman–Crippen MR) is 106 cm³/mol. The van der Waals surface area contributed by atoms with E-state index in [0.717, 1.165) is 24.8 Å². The first kappa shape index (κ1) is 18.5. The number of aryl methyl sites for hydroxylation is 1. The van der Waals surface area contributed by atoms with Crippen LogP contribution in [0.4, 0.5) is 0 Å². The average molecular weight is 379 g/mol. The summed E-state index contributed by atoms with van der Waals surface area (Å²) in [5.41, 5.74) is 3.36. The molecule has 2 aromatic rings. The number of rotatable bonds is 5. The molecule has 2 N–H and O–H groups in total. The monoisotopic (exact) mass is 379 g/mol. The third-order valence-electron chi connectivity index (χ3n) is 5.90. The fraction of sp³-hybridized carbons (Fsp3) is 0.391. The van der Waals surface area contributed by atoms with Gasteiger partial charge in [-0.1, -0.05) is 42.5 Å². The van der Waals surface area contributed by atoms with E-state index in [1.165, 1.54) is 11.1 Å². The van der Waals surface area contributed by atoms with Crippen LogP contribution in [0.25, 0.3) is 0 Å². The molecule has 1 aliphatic heterocycles. The van der Waals surface area contributed by atoms with Gasteiger partial charge in [0.2, 0.25) is 5.91 Å². The summed E-state index contributed by atoms with van der Waals surface area (Å²) in [7, 11) is 0. The Kier molecular flexibility index (Phi) is 5.33. The minimum Gasteiger partial charge on any atom is -0.493 e. The molecule has 0 aromatic heterocycles. The van der Waals surface area contributed by atoms with E-state index in [1.54, 1.807) is 0 Å². The Morgan fingerprint density at radius 2 is 1.82 bits per heavy atom. The predicted octanol–water partition coefficient (Wildman–Crippen LogP) is 3.63. The second-order valence-electron chi connectivity index (χ2n) is 7.65. The SMILES string of the molecule is O=C(O)C(CC1CCCc2ccccc21)NC(=O)C1CCOc2ccccc21. The van der Waals surface area contributed by atoms with Crippen molar-refractivity contribution in [2.24, 2.45) is 0 Å². The number of carbonyl (C=O) groups excluding carboxylic acids is 1. The third-order valence-corrected chi connectivity index (χ3v) is 5.90. The summed E-state index contributed by atoms with van der Waals surface area (Å²) in [6.45, 7) is 0.461. The highest BCUT2D eigenvalue weighted by molar-refractivity contribution is 5.88. The van der Waals surface area contributed by atoms with Crippen LogP contribution < -0.4 is 10.1 Å². The molecule has 0 saturated heterocycles. The number of carbonyl (C=O) groups is 2. The molecule has 2 aliphatic rings. The van der Waals surface area contributed by atoms with Crippen molar-refractivity contribution in [2.75, 3.05) is 6.61 Å². The van der Waals surface area contributed by atoms with Crippen molar-refractivity contribution >= 4 is 11.9 Å². The van der Waals surface area contributed by atoms with Crippen LogP contribution in [0.3, 0.4) is 0 Å². The average Bonchev–Trinajstić information content (AvgIpc) is 2.73. The number of carboxylic acid groups (broad SMARTS) is 1. The van der Waals surface area contributed by atoms with Gasteiger partial charge in [-0.25, -0.2) is 4.79 Å². The highest BCUT2D eigenvalue weighted by Crippen LogP contribution is 2.36. The van der Waals surface area contributed by atoms with E-state index in [-0.39, 0.29) is 17.7 Å². The maximum absolute atomic E-state index is 12.9. The topological polar surface area (TPSA) is 75.6 Å². The van der Waals surface area contributed by atoms with Crippen molar-refractivity contribution < 1.29 is 19.4 Å². The van der Waals surface area contributed by atoms with E-state index in [1.807, 2.05) is 36.4 Å². The van der Waals surface area contributed by atoms with E-state index in [2.05, 4.69) is 17.4 Å². The second-order valence-corrected chi connectivity index (χ2v) is 7.65. The number of hydrogen-bond acceptors (Lipinski definition) is 3. The first-order valence-electron chi connectivity index (χ1n) is 9.96. The number of aliphatic carboxylic acids is 1. The largest absolute Gasteiger partial charge is 0.493 e. The van der Waals surface area contributed by atoms with Crippen LogP contribution in [0.1, 0.15) is 54.2 Å². The molecule has 1 amide bonds. The zero-order valence-electron chi connectivity index (χ0n) is 15.8. The molecule has 0 spiro atoms. The molecule has 28 heavy (non-hydrogen) atoms. The summed E-state index contributed by atoms with van der Waals surface area (Å²) in [4.78, 5) is 24.8. The number of nitrogens with one attached hydrogen (secondary N) is 1. The fourth-order valence-corrected chi connectivity index (χ4v) is 4.49. The highest BCUT2D eigenvalue weighted by atomic mass is 16.5. The zero-order chi connectivity index (χ0) is 19.5. The van der Waals surface area contributed by atoms with Crippen molar-refractivity contribution in [3.05, 3.63) is 65.2 Å². The quantitative estimate of drug-likeness (QED) is 0.832. The van der Waals surface area contributed by atoms with Crippen LogP contribution in [0.5, 0.6) is 5.75 Å². The molecule has 5 heteroatoms. The molecule has 0 radical (unpaired) electrons. The Balaban J connectivity index is 1.50. The Bertz CT molecular complexity index is 878. The molecule has 3 atom stereocenters. The lowest BCUT2D eigenvalue weighted by molar-refractivity contribution is -0.142. The summed E-state index contributed by atoms with van der Waals surface area (Å²) in [6, 6.07) is 14.8. The maximum Gasteiger partial charge on any atom is 0.326 e. The van der Waals surface area contributed by atoms with Crippen LogP contribution >= 0.6 is 0 Å². The van der Waals surface area contributed by atoms with Gasteiger partial charge in [0.1, 0.15) is 11.8 Å². The number of fused-ring (bicyclic) bond motifs is 2. The molecule has 5 nitrogen and oxygen atoms in total. The summed E-state index contributed by atoms with van der Waals surface area (Å²) in [6.07, 6.45) is 4.02. The molecule has 1 aliphatic carbocycles. The van der Waals surface area contributed by atoms with Crippen molar-refractivity contribution in [3.8, 4) is 5.75 Å². The second kappa shape index (κ2) is 8.05. The van der Waals surface area contributed by atoms with Crippen LogP contribution in [-0.2, 0) is 16.0 Å². The smallest absolute Gasteiger partial charge is 0.326 e. The van der Waals surface area contributed by atoms with E-state index in [9.17, 15) is 14.7 Å². The van der Waals surface area contributed by atoms with Gasteiger partial charge in [-0.3, -0.25) is 4.79 Å². The van der Waals surface area contributed by atoms with Crippen LogP contribution in [0.15, 0.2) is 48.5 Å². The molecule has 4 rings (SSSR count). The first-order valence-corrected chi connectivity index (χ1v) is 9.96. The van der Waals surface area contributed by atoms with Crippen LogP contribution in [0.2, 0.25) is 0 Å². The van der Waals surface area contributed by atoms with Crippen molar-refractivity contribution in [3.63, 3.8) is 0 Å². The summed E-state index contributed by atoms with van der Waals surface area (Å²) < 4.78 is 5.62. The van der Waals surface area contributed by atoms with Crippen molar-refractivity contribution in [2.45, 2.75) is 50.0 Å². The molecule has 0 fully saturated rings. The minimum atomic E-state index is -0.975. The van der Waals surface area contributed by atoms with Gasteiger partial charge in [0.15, 0.2) is 0 Å². The maximum atomic E-state index is 12.9. The normalized spacial score (nSPS) is 21.6. The molecular formula is C23H25NO4. The molecule has 0 bridgehead atoms. The lowest BCUT2D eigenvalue weighted by Gasteiger charge is -2.30. The molecular weight excluding hydrogens is 354 g/mol. The number of para-hydroxylation sites is 1. The lowest BCUT2D eigenvalue weighted by Crippen LogP contribution is -2.44. The van der Waals surface area contributed by atoms with Gasteiger partial charge in [-0.15, -0.1) is 0 Å². The lowest BCUT2D eigenvalue weighted by atomic mass is 9.79. The van der Waals surface area contributed by atoms with Gasteiger partial charge < -0.3 is 15.2 Å². The van der Waals surface area contributed by atoms with Gasteiger partial charge >= 0.3 is 5.97 Å². The first-order chi connectivity index (χ1) is 13.6. The van der Waals surface area contributed by atoms with Crippen molar-refractivity contribution in [1.82, 2.24) is 5.32 Å². The van der Waals surface area contributed by atoms with E-state index >= 15 is 0 Å². The van der Waals surface area contributed by atoms with Gasteiger partial charge in [-0.05, 0) is 55.2 Å². The van der Waals surface area contributed by atoms with Crippen LogP contribution in [0, 0.1) is 0 Å². The molecule has 2 aromatic carbocycles. The zero-order valence-corrected chi connectivity index (χ0v) is 15.8. The standard InChI is InChI=1S/C23H25NO4/c25-22(19-12-13-28-21-11-4-3-10-18(19)21)24-20(23(26)27)14-16-8-5-7-15-6-1-2-9-17(15)16/h1-4,6,9-11,16,19-20H,5,7-8,12-14H2,(H,24,25)(H,26,27). The van der Waals surface area contributed by atoms with E-state index in [0.29, 0.717) is 25.2 Å². The third kappa shape index (κ3) is 3.75. The van der Waals surface area contributed by atoms with Gasteiger partial charge in [0, 0.05) is 5.56 Å². The highest BCUT2D eigenvalue weighted by Gasteiger charge is 2.32. The van der Waals surface area contributed by atoms with E-state index in [4.69, 9.17) is 4.74 Å².